The summed E-state index contributed by atoms with van der Waals surface area (Å²) < 4.78 is 4.93. The molecule has 0 aromatic heterocycles. The second kappa shape index (κ2) is 10.4. The van der Waals surface area contributed by atoms with Crippen molar-refractivity contribution in [1.82, 2.24) is 0 Å². The van der Waals surface area contributed by atoms with Gasteiger partial charge in [0.1, 0.15) is 6.04 Å². The van der Waals surface area contributed by atoms with Crippen LogP contribution in [0.1, 0.15) is 38.5 Å². The number of rotatable bonds is 10. The lowest BCUT2D eigenvalue weighted by Gasteiger charge is -2.10. The number of carbonyl (C=O) groups excluding carboxylic acids is 1. The lowest BCUT2D eigenvalue weighted by atomic mass is 10.2. The van der Waals surface area contributed by atoms with Crippen LogP contribution < -0.4 is 5.73 Å². The fourth-order valence-corrected chi connectivity index (χ4v) is 1.42. The van der Waals surface area contributed by atoms with Crippen molar-refractivity contribution in [3.8, 4) is 0 Å². The molecule has 5 nitrogen and oxygen atoms in total. The van der Waals surface area contributed by atoms with Crippen LogP contribution in [0.5, 0.6) is 0 Å². The second-order valence-corrected chi connectivity index (χ2v) is 4.19. The summed E-state index contributed by atoms with van der Waals surface area (Å²) in [5, 5.41) is 8.42. The van der Waals surface area contributed by atoms with Crippen LogP contribution in [-0.2, 0) is 14.3 Å². The second-order valence-electron chi connectivity index (χ2n) is 3.81. The van der Waals surface area contributed by atoms with Gasteiger partial charge in [-0.1, -0.05) is 12.8 Å². The Balaban J connectivity index is 3.47. The molecule has 0 unspecified atom stereocenters. The number of halogens is 1. The summed E-state index contributed by atoms with van der Waals surface area (Å²) in [7, 11) is 0. The smallest absolute Gasteiger partial charge is 0.322 e. The van der Waals surface area contributed by atoms with Crippen LogP contribution >= 0.6 is 11.6 Å². The van der Waals surface area contributed by atoms with E-state index >= 15 is 0 Å². The summed E-state index contributed by atoms with van der Waals surface area (Å²) in [6.07, 6.45) is 3.73. The van der Waals surface area contributed by atoms with Gasteiger partial charge in [0.05, 0.1) is 6.61 Å². The number of hydrogen-bond donors (Lipinski definition) is 2. The third-order valence-corrected chi connectivity index (χ3v) is 2.51. The molecule has 0 aliphatic rings. The molecule has 0 aliphatic carbocycles. The number of nitrogens with two attached hydrogens (primary N) is 1. The predicted octanol–water partition coefficient (Wildman–Crippen LogP) is 1.52. The van der Waals surface area contributed by atoms with Gasteiger partial charge in [0.2, 0.25) is 0 Å². The van der Waals surface area contributed by atoms with Gasteiger partial charge in [-0.25, -0.2) is 0 Å². The molecule has 6 heteroatoms. The van der Waals surface area contributed by atoms with Crippen molar-refractivity contribution in [2.45, 2.75) is 44.6 Å². The van der Waals surface area contributed by atoms with E-state index in [1.165, 1.54) is 0 Å². The van der Waals surface area contributed by atoms with E-state index in [4.69, 9.17) is 27.2 Å². The number of esters is 1. The van der Waals surface area contributed by atoms with Gasteiger partial charge in [0.25, 0.3) is 0 Å². The van der Waals surface area contributed by atoms with Crippen molar-refractivity contribution in [2.24, 2.45) is 5.73 Å². The average Bonchev–Trinajstić information content (AvgIpc) is 2.30. The molecule has 0 saturated heterocycles. The Morgan fingerprint density at radius 1 is 1.24 bits per heavy atom. The zero-order valence-electron chi connectivity index (χ0n) is 9.86. The summed E-state index contributed by atoms with van der Waals surface area (Å²) >= 11 is 5.52. The lowest BCUT2D eigenvalue weighted by Crippen LogP contribution is -2.33. The Kier molecular flexibility index (Phi) is 9.86. The summed E-state index contributed by atoms with van der Waals surface area (Å²) in [6, 6.07) is -0.839. The van der Waals surface area contributed by atoms with E-state index in [1.54, 1.807) is 0 Å². The minimum atomic E-state index is -0.964. The fourth-order valence-electron chi connectivity index (χ4n) is 1.23. The first kappa shape index (κ1) is 16.2. The highest BCUT2D eigenvalue weighted by atomic mass is 35.5. The highest BCUT2D eigenvalue weighted by Crippen LogP contribution is 2.03. The van der Waals surface area contributed by atoms with Crippen LogP contribution in [0.4, 0.5) is 0 Å². The zero-order valence-corrected chi connectivity index (χ0v) is 10.6. The molecule has 0 radical (unpaired) electrons. The maximum atomic E-state index is 11.3. The molecule has 0 aromatic rings. The van der Waals surface area contributed by atoms with Gasteiger partial charge in [-0.2, -0.15) is 0 Å². The molecule has 0 heterocycles. The Bertz CT molecular complexity index is 236. The van der Waals surface area contributed by atoms with Crippen molar-refractivity contribution in [2.75, 3.05) is 12.5 Å². The molecular weight excluding hydrogens is 246 g/mol. The van der Waals surface area contributed by atoms with E-state index in [2.05, 4.69) is 0 Å². The normalized spacial score (nSPS) is 12.1. The van der Waals surface area contributed by atoms with Gasteiger partial charge in [0.15, 0.2) is 0 Å². The van der Waals surface area contributed by atoms with Crippen molar-refractivity contribution in [3.05, 3.63) is 0 Å². The molecule has 3 N–H and O–H groups in total. The molecule has 0 aromatic carbocycles. The van der Waals surface area contributed by atoms with Crippen LogP contribution in [-0.4, -0.2) is 35.6 Å². The molecule has 0 rings (SSSR count). The highest BCUT2D eigenvalue weighted by Gasteiger charge is 2.15. The number of hydrogen-bond acceptors (Lipinski definition) is 4. The Labute approximate surface area is 106 Å². The number of alkyl halides is 1. The van der Waals surface area contributed by atoms with Gasteiger partial charge in [-0.3, -0.25) is 9.59 Å². The van der Waals surface area contributed by atoms with Crippen molar-refractivity contribution in [3.63, 3.8) is 0 Å². The average molecular weight is 266 g/mol. The van der Waals surface area contributed by atoms with E-state index in [1.807, 2.05) is 0 Å². The Morgan fingerprint density at radius 3 is 2.47 bits per heavy atom. The minimum Gasteiger partial charge on any atom is -0.481 e. The fraction of sp³-hybridized carbons (Fsp3) is 0.818. The largest absolute Gasteiger partial charge is 0.481 e. The van der Waals surface area contributed by atoms with Crippen molar-refractivity contribution < 1.29 is 19.4 Å². The summed E-state index contributed by atoms with van der Waals surface area (Å²) in [5.74, 6) is -0.835. The summed E-state index contributed by atoms with van der Waals surface area (Å²) in [5.41, 5.74) is 5.47. The maximum absolute atomic E-state index is 11.3. The van der Waals surface area contributed by atoms with E-state index in [0.29, 0.717) is 12.5 Å². The quantitative estimate of drug-likeness (QED) is 0.355. The maximum Gasteiger partial charge on any atom is 0.322 e. The van der Waals surface area contributed by atoms with E-state index < -0.39 is 18.0 Å². The van der Waals surface area contributed by atoms with E-state index in [9.17, 15) is 9.59 Å². The van der Waals surface area contributed by atoms with E-state index in [0.717, 1.165) is 25.7 Å². The SMILES string of the molecule is N[C@@H](CCC(=O)O)C(=O)OCCCCCCCl. The Morgan fingerprint density at radius 2 is 1.88 bits per heavy atom. The van der Waals surface area contributed by atoms with Crippen molar-refractivity contribution in [1.29, 1.82) is 0 Å². The molecule has 0 spiro atoms. The number of carboxylic acid groups (broad SMARTS) is 1. The molecule has 0 saturated carbocycles. The lowest BCUT2D eigenvalue weighted by molar-refractivity contribution is -0.145. The van der Waals surface area contributed by atoms with Crippen molar-refractivity contribution >= 4 is 23.5 Å². The summed E-state index contributed by atoms with van der Waals surface area (Å²) in [6.45, 7) is 0.335. The van der Waals surface area contributed by atoms with Crippen LogP contribution in [0, 0.1) is 0 Å². The van der Waals surface area contributed by atoms with Gasteiger partial charge >= 0.3 is 11.9 Å². The number of carboxylic acids is 1. The first-order valence-electron chi connectivity index (χ1n) is 5.78. The van der Waals surface area contributed by atoms with Gasteiger partial charge in [-0.05, 0) is 19.3 Å². The topological polar surface area (TPSA) is 89.6 Å². The highest BCUT2D eigenvalue weighted by molar-refractivity contribution is 6.17. The first-order chi connectivity index (χ1) is 8.07. The van der Waals surface area contributed by atoms with Crippen LogP contribution in [0.25, 0.3) is 0 Å². The monoisotopic (exact) mass is 265 g/mol. The van der Waals surface area contributed by atoms with Gasteiger partial charge in [0, 0.05) is 12.3 Å². The van der Waals surface area contributed by atoms with Gasteiger partial charge in [-0.15, -0.1) is 11.6 Å². The van der Waals surface area contributed by atoms with Crippen LogP contribution in [0.2, 0.25) is 0 Å². The molecule has 0 fully saturated rings. The predicted molar refractivity (Wildman–Crippen MR) is 65.0 cm³/mol. The zero-order chi connectivity index (χ0) is 13.1. The molecule has 0 amide bonds. The third kappa shape index (κ3) is 10.1. The molecule has 0 bridgehead atoms. The summed E-state index contributed by atoms with van der Waals surface area (Å²) in [4.78, 5) is 21.6. The number of unbranched alkanes of at least 4 members (excludes halogenated alkanes) is 3. The first-order valence-corrected chi connectivity index (χ1v) is 6.31. The molecule has 1 atom stereocenters. The third-order valence-electron chi connectivity index (χ3n) is 2.24. The molecule has 100 valence electrons. The van der Waals surface area contributed by atoms with Gasteiger partial charge < -0.3 is 15.6 Å². The minimum absolute atomic E-state index is 0.112. The van der Waals surface area contributed by atoms with E-state index in [-0.39, 0.29) is 12.8 Å². The standard InChI is InChI=1S/C11H20ClNO4/c12-7-3-1-2-4-8-17-11(16)9(13)5-6-10(14)15/h9H,1-8,13H2,(H,14,15)/t9-/m0/s1. The van der Waals surface area contributed by atoms with Crippen LogP contribution in [0.15, 0.2) is 0 Å². The molecular formula is C11H20ClNO4. The Hall–Kier alpha value is -0.810. The molecule has 0 aliphatic heterocycles. The van der Waals surface area contributed by atoms with Crippen LogP contribution in [0.3, 0.4) is 0 Å². The number of carbonyl (C=O) groups is 2. The molecule has 17 heavy (non-hydrogen) atoms. The number of ether oxygens (including phenoxy) is 1. The number of aliphatic carboxylic acids is 1.